The van der Waals surface area contributed by atoms with Crippen LogP contribution in [0.2, 0.25) is 0 Å². The van der Waals surface area contributed by atoms with E-state index in [0.717, 1.165) is 11.3 Å². The number of rotatable bonds is 5. The first-order valence-corrected chi connectivity index (χ1v) is 7.91. The van der Waals surface area contributed by atoms with Crippen molar-refractivity contribution in [2.24, 2.45) is 0 Å². The number of Topliss-reactive ketones (excluding diaryl/α,β-unsaturated/α-hetero) is 1. The Morgan fingerprint density at radius 3 is 2.52 bits per heavy atom. The Hall–Kier alpha value is -3.28. The van der Waals surface area contributed by atoms with Gasteiger partial charge in [0.15, 0.2) is 0 Å². The third kappa shape index (κ3) is 3.47. The van der Waals surface area contributed by atoms with Crippen LogP contribution < -0.4 is 5.32 Å². The largest absolute Gasteiger partial charge is 0.345 e. The molecule has 0 aliphatic rings. The summed E-state index contributed by atoms with van der Waals surface area (Å²) in [6, 6.07) is 13.1. The minimum absolute atomic E-state index is 0.253. The van der Waals surface area contributed by atoms with Crippen molar-refractivity contribution in [3.05, 3.63) is 77.4 Å². The Balaban J connectivity index is 1.80. The Labute approximate surface area is 145 Å². The standard InChI is InChI=1S/C19H18N4O2/c1-13-17(14(2)23(22-13)16-8-4-3-5-9-16)18(24)19(25)21-12-15-7-6-10-20-11-15/h3-11H,12H2,1-2H3,(H,21,25). The fourth-order valence-electron chi connectivity index (χ4n) is 2.67. The summed E-state index contributed by atoms with van der Waals surface area (Å²) in [6.45, 7) is 3.77. The highest BCUT2D eigenvalue weighted by Crippen LogP contribution is 2.18. The molecule has 25 heavy (non-hydrogen) atoms. The average Bonchev–Trinajstić information content (AvgIpc) is 2.95. The van der Waals surface area contributed by atoms with Crippen molar-refractivity contribution in [2.45, 2.75) is 20.4 Å². The van der Waals surface area contributed by atoms with Gasteiger partial charge in [0.2, 0.25) is 0 Å². The number of amides is 1. The van der Waals surface area contributed by atoms with Gasteiger partial charge in [0.25, 0.3) is 11.7 Å². The third-order valence-electron chi connectivity index (χ3n) is 3.90. The lowest BCUT2D eigenvalue weighted by Crippen LogP contribution is -2.31. The average molecular weight is 334 g/mol. The maximum absolute atomic E-state index is 12.6. The van der Waals surface area contributed by atoms with Gasteiger partial charge in [-0.15, -0.1) is 0 Å². The molecule has 3 rings (SSSR count). The van der Waals surface area contributed by atoms with E-state index in [-0.39, 0.29) is 6.54 Å². The van der Waals surface area contributed by atoms with Gasteiger partial charge in [-0.25, -0.2) is 4.68 Å². The third-order valence-corrected chi connectivity index (χ3v) is 3.90. The zero-order valence-electron chi connectivity index (χ0n) is 14.1. The van der Waals surface area contributed by atoms with E-state index in [2.05, 4.69) is 15.4 Å². The topological polar surface area (TPSA) is 76.9 Å². The number of para-hydroxylation sites is 1. The summed E-state index contributed by atoms with van der Waals surface area (Å²) in [5, 5.41) is 7.04. The Morgan fingerprint density at radius 1 is 1.08 bits per heavy atom. The van der Waals surface area contributed by atoms with Gasteiger partial charge >= 0.3 is 0 Å². The molecule has 1 amide bonds. The SMILES string of the molecule is Cc1nn(-c2ccccc2)c(C)c1C(=O)C(=O)NCc1cccnc1. The van der Waals surface area contributed by atoms with Gasteiger partial charge in [0.1, 0.15) is 0 Å². The fourth-order valence-corrected chi connectivity index (χ4v) is 2.67. The van der Waals surface area contributed by atoms with E-state index in [0.29, 0.717) is 17.0 Å². The van der Waals surface area contributed by atoms with Gasteiger partial charge in [0, 0.05) is 18.9 Å². The summed E-state index contributed by atoms with van der Waals surface area (Å²) in [7, 11) is 0. The molecule has 0 saturated carbocycles. The van der Waals surface area contributed by atoms with E-state index in [4.69, 9.17) is 0 Å². The van der Waals surface area contributed by atoms with Gasteiger partial charge in [-0.05, 0) is 37.6 Å². The van der Waals surface area contributed by atoms with Gasteiger partial charge < -0.3 is 5.32 Å². The van der Waals surface area contributed by atoms with Crippen LogP contribution in [-0.2, 0) is 11.3 Å². The number of carbonyl (C=O) groups excluding carboxylic acids is 2. The van der Waals surface area contributed by atoms with Crippen LogP contribution in [0.5, 0.6) is 0 Å². The minimum atomic E-state index is -0.650. The van der Waals surface area contributed by atoms with Crippen LogP contribution in [0.3, 0.4) is 0 Å². The lowest BCUT2D eigenvalue weighted by atomic mass is 10.1. The quantitative estimate of drug-likeness (QED) is 0.574. The first-order valence-electron chi connectivity index (χ1n) is 7.91. The molecule has 0 saturated heterocycles. The van der Waals surface area contributed by atoms with E-state index < -0.39 is 11.7 Å². The van der Waals surface area contributed by atoms with Crippen LogP contribution in [0, 0.1) is 13.8 Å². The predicted molar refractivity (Wildman–Crippen MR) is 93.5 cm³/mol. The maximum atomic E-state index is 12.6. The van der Waals surface area contributed by atoms with Crippen molar-refractivity contribution < 1.29 is 9.59 Å². The normalized spacial score (nSPS) is 10.5. The van der Waals surface area contributed by atoms with Crippen molar-refractivity contribution >= 4 is 11.7 Å². The highest BCUT2D eigenvalue weighted by Gasteiger charge is 2.24. The number of ketones is 1. The van der Waals surface area contributed by atoms with Crippen molar-refractivity contribution in [1.29, 1.82) is 0 Å². The summed E-state index contributed by atoms with van der Waals surface area (Å²) in [4.78, 5) is 28.8. The van der Waals surface area contributed by atoms with Crippen molar-refractivity contribution in [3.8, 4) is 5.69 Å². The number of benzene rings is 1. The second kappa shape index (κ2) is 7.09. The molecular formula is C19H18N4O2. The molecule has 0 radical (unpaired) electrons. The fraction of sp³-hybridized carbons (Fsp3) is 0.158. The summed E-state index contributed by atoms with van der Waals surface area (Å²) in [5.74, 6) is -1.23. The summed E-state index contributed by atoms with van der Waals surface area (Å²) in [5.41, 5.74) is 3.19. The predicted octanol–water partition coefficient (Wildman–Crippen LogP) is 2.38. The van der Waals surface area contributed by atoms with Crippen molar-refractivity contribution in [2.75, 3.05) is 0 Å². The van der Waals surface area contributed by atoms with E-state index in [9.17, 15) is 9.59 Å². The molecule has 1 aromatic carbocycles. The van der Waals surface area contributed by atoms with Crippen LogP contribution in [0.25, 0.3) is 5.69 Å². The van der Waals surface area contributed by atoms with E-state index in [1.807, 2.05) is 36.4 Å². The van der Waals surface area contributed by atoms with Crippen LogP contribution in [0.4, 0.5) is 0 Å². The van der Waals surface area contributed by atoms with Gasteiger partial charge in [-0.2, -0.15) is 5.10 Å². The number of aromatic nitrogens is 3. The number of carbonyl (C=O) groups is 2. The van der Waals surface area contributed by atoms with Crippen LogP contribution in [0.15, 0.2) is 54.9 Å². The first-order chi connectivity index (χ1) is 12.1. The lowest BCUT2D eigenvalue weighted by Gasteiger charge is -2.06. The number of hydrogen-bond donors (Lipinski definition) is 1. The number of hydrogen-bond acceptors (Lipinski definition) is 4. The highest BCUT2D eigenvalue weighted by molar-refractivity contribution is 6.43. The van der Waals surface area contributed by atoms with Crippen LogP contribution in [0.1, 0.15) is 27.3 Å². The van der Waals surface area contributed by atoms with Crippen molar-refractivity contribution in [1.82, 2.24) is 20.1 Å². The van der Waals surface area contributed by atoms with Crippen molar-refractivity contribution in [3.63, 3.8) is 0 Å². The molecule has 6 heteroatoms. The molecule has 126 valence electrons. The van der Waals surface area contributed by atoms with Crippen LogP contribution >= 0.6 is 0 Å². The molecule has 0 spiro atoms. The molecule has 2 heterocycles. The van der Waals surface area contributed by atoms with E-state index in [1.54, 1.807) is 37.0 Å². The molecule has 6 nitrogen and oxygen atoms in total. The molecular weight excluding hydrogens is 316 g/mol. The van der Waals surface area contributed by atoms with Gasteiger partial charge in [0.05, 0.1) is 22.6 Å². The van der Waals surface area contributed by atoms with E-state index >= 15 is 0 Å². The monoisotopic (exact) mass is 334 g/mol. The molecule has 1 N–H and O–H groups in total. The molecule has 2 aromatic heterocycles. The Kier molecular flexibility index (Phi) is 4.70. The maximum Gasteiger partial charge on any atom is 0.292 e. The van der Waals surface area contributed by atoms with E-state index in [1.165, 1.54) is 0 Å². The molecule has 0 aliphatic heterocycles. The molecule has 0 unspecified atom stereocenters. The van der Waals surface area contributed by atoms with Crippen LogP contribution in [-0.4, -0.2) is 26.5 Å². The highest BCUT2D eigenvalue weighted by atomic mass is 16.2. The zero-order chi connectivity index (χ0) is 17.8. The Morgan fingerprint density at radius 2 is 1.84 bits per heavy atom. The second-order valence-corrected chi connectivity index (χ2v) is 5.67. The molecule has 3 aromatic rings. The summed E-state index contributed by atoms with van der Waals surface area (Å²) >= 11 is 0. The smallest absolute Gasteiger partial charge is 0.292 e. The molecule has 0 bridgehead atoms. The molecule has 0 fully saturated rings. The Bertz CT molecular complexity index is 902. The molecule has 0 aliphatic carbocycles. The lowest BCUT2D eigenvalue weighted by molar-refractivity contribution is -0.117. The second-order valence-electron chi connectivity index (χ2n) is 5.67. The molecule has 0 atom stereocenters. The first kappa shape index (κ1) is 16.6. The minimum Gasteiger partial charge on any atom is -0.345 e. The number of pyridine rings is 1. The number of nitrogens with zero attached hydrogens (tertiary/aromatic N) is 3. The van der Waals surface area contributed by atoms with Gasteiger partial charge in [-0.1, -0.05) is 24.3 Å². The van der Waals surface area contributed by atoms with Gasteiger partial charge in [-0.3, -0.25) is 14.6 Å². The zero-order valence-corrected chi connectivity index (χ0v) is 14.1. The number of nitrogens with one attached hydrogen (secondary N) is 1. The summed E-state index contributed by atoms with van der Waals surface area (Å²) < 4.78 is 1.68. The summed E-state index contributed by atoms with van der Waals surface area (Å²) in [6.07, 6.45) is 3.30. The number of aryl methyl sites for hydroxylation is 1.